The van der Waals surface area contributed by atoms with E-state index in [1.807, 2.05) is 12.2 Å². The summed E-state index contributed by atoms with van der Waals surface area (Å²) in [6.07, 6.45) is 3.75. The van der Waals surface area contributed by atoms with Crippen LogP contribution in [0.1, 0.15) is 0 Å². The minimum absolute atomic E-state index is 0.458. The van der Waals surface area contributed by atoms with Crippen molar-refractivity contribution in [2.45, 2.75) is 5.54 Å². The van der Waals surface area contributed by atoms with Gasteiger partial charge in [-0.05, 0) is 5.54 Å². The first-order chi connectivity index (χ1) is 3.35. The summed E-state index contributed by atoms with van der Waals surface area (Å²) in [6.45, 7) is 7.22. The zero-order valence-corrected chi connectivity index (χ0v) is 6.61. The van der Waals surface area contributed by atoms with Crippen molar-refractivity contribution in [3.05, 3.63) is 25.3 Å². The van der Waals surface area contributed by atoms with Crippen molar-refractivity contribution >= 4 is 23.4 Å². The predicted octanol–water partition coefficient (Wildman–Crippen LogP) is 2.16. The Labute approximate surface area is 54.7 Å². The first-order valence-corrected chi connectivity index (χ1v) is 5.30. The fraction of sp³-hybridized carbons (Fsp3) is 0.200. The Bertz CT molecular complexity index is 62.5. The summed E-state index contributed by atoms with van der Waals surface area (Å²) in [5.74, 6) is 0. The van der Waals surface area contributed by atoms with Gasteiger partial charge in [0.15, 0.2) is 0 Å². The maximum absolute atomic E-state index is 3.61. The monoisotopic (exact) mass is 174 g/mol. The van der Waals surface area contributed by atoms with Gasteiger partial charge in [-0.15, -0.1) is 28.5 Å². The van der Waals surface area contributed by atoms with E-state index in [9.17, 15) is 0 Å². The molecular formula is C5H7BrSi. The van der Waals surface area contributed by atoms with Crippen LogP contribution in [-0.2, 0) is 0 Å². The van der Waals surface area contributed by atoms with E-state index in [2.05, 4.69) is 28.5 Å². The highest BCUT2D eigenvalue weighted by Crippen LogP contribution is 2.06. The van der Waals surface area contributed by atoms with Gasteiger partial charge >= 0.3 is 0 Å². The Hall–Kier alpha value is 0.177. The molecule has 0 aliphatic carbocycles. The highest BCUT2D eigenvalue weighted by atomic mass is 79.9. The Kier molecular flexibility index (Phi) is 4.45. The SMILES string of the molecule is C=CC(C=C)[Si]Br. The fourth-order valence-electron chi connectivity index (χ4n) is 0.185. The largest absolute Gasteiger partial charge is 0.149 e. The normalized spacial score (nSPS) is 8.86. The van der Waals surface area contributed by atoms with Gasteiger partial charge in [-0.3, -0.25) is 0 Å². The lowest BCUT2D eigenvalue weighted by molar-refractivity contribution is 1.39. The highest BCUT2D eigenvalue weighted by Gasteiger charge is 1.92. The van der Waals surface area contributed by atoms with Crippen molar-refractivity contribution in [2.24, 2.45) is 0 Å². The third-order valence-corrected chi connectivity index (χ3v) is 2.94. The van der Waals surface area contributed by atoms with Gasteiger partial charge in [0.25, 0.3) is 0 Å². The van der Waals surface area contributed by atoms with Crippen LogP contribution in [-0.4, -0.2) is 8.14 Å². The van der Waals surface area contributed by atoms with Crippen LogP contribution in [0, 0.1) is 0 Å². The number of hydrogen-bond donors (Lipinski definition) is 0. The van der Waals surface area contributed by atoms with Crippen LogP contribution in [0.3, 0.4) is 0 Å². The predicted molar refractivity (Wildman–Crippen MR) is 38.8 cm³/mol. The molecule has 38 valence electrons. The fourth-order valence-corrected chi connectivity index (χ4v) is 1.48. The van der Waals surface area contributed by atoms with Crippen LogP contribution >= 0.6 is 15.3 Å². The first-order valence-electron chi connectivity index (χ1n) is 1.96. The van der Waals surface area contributed by atoms with Gasteiger partial charge in [0, 0.05) is 0 Å². The molecule has 0 atom stereocenters. The number of rotatable bonds is 3. The Morgan fingerprint density at radius 2 is 1.86 bits per heavy atom. The molecule has 0 spiro atoms. The van der Waals surface area contributed by atoms with E-state index in [1.54, 1.807) is 0 Å². The van der Waals surface area contributed by atoms with Gasteiger partial charge in [0.1, 0.15) is 8.14 Å². The van der Waals surface area contributed by atoms with Crippen LogP contribution in [0.5, 0.6) is 0 Å². The standard InChI is InChI=1S/C5H7BrSi/c1-3-5(4-2)7-6/h3-5H,1-2H2. The molecule has 0 amide bonds. The van der Waals surface area contributed by atoms with Crippen molar-refractivity contribution in [3.8, 4) is 0 Å². The summed E-state index contributed by atoms with van der Waals surface area (Å²) in [4.78, 5) is 0. The summed E-state index contributed by atoms with van der Waals surface area (Å²) in [5.41, 5.74) is 0.458. The number of hydrogen-bond acceptors (Lipinski definition) is 0. The molecule has 0 fully saturated rings. The average Bonchev–Trinajstić information content (AvgIpc) is 1.72. The quantitative estimate of drug-likeness (QED) is 0.350. The first kappa shape index (κ1) is 7.18. The Balaban J connectivity index is 3.36. The summed E-state index contributed by atoms with van der Waals surface area (Å²) < 4.78 is 0. The van der Waals surface area contributed by atoms with Crippen LogP contribution < -0.4 is 0 Å². The Morgan fingerprint density at radius 3 is 1.86 bits per heavy atom. The molecule has 0 rings (SSSR count). The molecule has 0 aliphatic rings. The molecular weight excluding hydrogens is 168 g/mol. The van der Waals surface area contributed by atoms with E-state index in [0.29, 0.717) is 5.54 Å². The molecule has 0 nitrogen and oxygen atoms in total. The van der Waals surface area contributed by atoms with Crippen molar-refractivity contribution in [1.29, 1.82) is 0 Å². The minimum Gasteiger partial charge on any atom is -0.130 e. The van der Waals surface area contributed by atoms with Crippen molar-refractivity contribution in [1.82, 2.24) is 0 Å². The third-order valence-electron chi connectivity index (χ3n) is 0.634. The molecule has 0 unspecified atom stereocenters. The van der Waals surface area contributed by atoms with E-state index >= 15 is 0 Å². The molecule has 0 aromatic rings. The molecule has 2 heteroatoms. The molecule has 0 saturated carbocycles. The number of halogens is 1. The van der Waals surface area contributed by atoms with Gasteiger partial charge < -0.3 is 0 Å². The second-order valence-corrected chi connectivity index (χ2v) is 3.36. The van der Waals surface area contributed by atoms with Gasteiger partial charge in [-0.1, -0.05) is 12.2 Å². The molecule has 2 radical (unpaired) electrons. The van der Waals surface area contributed by atoms with Gasteiger partial charge in [-0.2, -0.15) is 0 Å². The van der Waals surface area contributed by atoms with Crippen molar-refractivity contribution in [3.63, 3.8) is 0 Å². The zero-order chi connectivity index (χ0) is 5.70. The van der Waals surface area contributed by atoms with Gasteiger partial charge in [0.2, 0.25) is 0 Å². The third kappa shape index (κ3) is 2.82. The minimum atomic E-state index is 0.458. The molecule has 0 aromatic carbocycles. The topological polar surface area (TPSA) is 0 Å². The summed E-state index contributed by atoms with van der Waals surface area (Å²) in [7, 11) is 0.725. The zero-order valence-electron chi connectivity index (χ0n) is 4.02. The molecule has 0 saturated heterocycles. The van der Waals surface area contributed by atoms with E-state index in [0.717, 1.165) is 8.14 Å². The molecule has 0 heterocycles. The number of allylic oxidation sites excluding steroid dienone is 2. The molecule has 0 N–H and O–H groups in total. The summed E-state index contributed by atoms with van der Waals surface area (Å²) in [5, 5.41) is 0. The molecule has 7 heavy (non-hydrogen) atoms. The maximum atomic E-state index is 3.61. The lowest BCUT2D eigenvalue weighted by Gasteiger charge is -1.93. The van der Waals surface area contributed by atoms with Gasteiger partial charge in [0.05, 0.1) is 0 Å². The van der Waals surface area contributed by atoms with E-state index in [1.165, 1.54) is 0 Å². The molecule has 0 aromatic heterocycles. The van der Waals surface area contributed by atoms with E-state index in [-0.39, 0.29) is 0 Å². The van der Waals surface area contributed by atoms with Crippen molar-refractivity contribution in [2.75, 3.05) is 0 Å². The van der Waals surface area contributed by atoms with E-state index < -0.39 is 0 Å². The Morgan fingerprint density at radius 1 is 1.43 bits per heavy atom. The lowest BCUT2D eigenvalue weighted by Crippen LogP contribution is -1.84. The maximum Gasteiger partial charge on any atom is 0.149 e. The summed E-state index contributed by atoms with van der Waals surface area (Å²) >= 11 is 3.32. The molecule has 0 aliphatic heterocycles. The van der Waals surface area contributed by atoms with Crippen LogP contribution in [0.15, 0.2) is 25.3 Å². The van der Waals surface area contributed by atoms with Crippen LogP contribution in [0.4, 0.5) is 0 Å². The van der Waals surface area contributed by atoms with E-state index in [4.69, 9.17) is 0 Å². The van der Waals surface area contributed by atoms with Crippen molar-refractivity contribution < 1.29 is 0 Å². The average molecular weight is 175 g/mol. The van der Waals surface area contributed by atoms with Gasteiger partial charge in [-0.25, -0.2) is 0 Å². The van der Waals surface area contributed by atoms with Crippen LogP contribution in [0.2, 0.25) is 5.54 Å². The second-order valence-electron chi connectivity index (χ2n) is 1.11. The highest BCUT2D eigenvalue weighted by molar-refractivity contribution is 9.23. The second kappa shape index (κ2) is 4.34. The summed E-state index contributed by atoms with van der Waals surface area (Å²) in [6, 6.07) is 0. The smallest absolute Gasteiger partial charge is 0.130 e. The van der Waals surface area contributed by atoms with Crippen LogP contribution in [0.25, 0.3) is 0 Å². The molecule has 0 bridgehead atoms. The lowest BCUT2D eigenvalue weighted by atomic mass is 10.4.